The molecule has 6 nitrogen and oxygen atoms in total. The van der Waals surface area contributed by atoms with Gasteiger partial charge in [0.05, 0.1) is 31.6 Å². The molecule has 0 fully saturated rings. The number of ketones is 1. The zero-order valence-corrected chi connectivity index (χ0v) is 21.1. The van der Waals surface area contributed by atoms with Crippen LogP contribution >= 0.6 is 11.6 Å². The van der Waals surface area contributed by atoms with Crippen molar-refractivity contribution in [2.75, 3.05) is 24.4 Å². The first-order valence-corrected chi connectivity index (χ1v) is 12.2. The highest BCUT2D eigenvalue weighted by Gasteiger charge is 2.41. The number of anilines is 2. The Labute approximate surface area is 215 Å². The molecule has 0 bridgehead atoms. The fraction of sp³-hybridized carbons (Fsp3) is 0.241. The average molecular weight is 503 g/mol. The van der Waals surface area contributed by atoms with Crippen LogP contribution < -0.4 is 19.7 Å². The zero-order chi connectivity index (χ0) is 25.4. The van der Waals surface area contributed by atoms with Crippen molar-refractivity contribution in [3.63, 3.8) is 0 Å². The van der Waals surface area contributed by atoms with Gasteiger partial charge in [-0.15, -0.1) is 0 Å². The highest BCUT2D eigenvalue weighted by molar-refractivity contribution is 6.30. The Kier molecular flexibility index (Phi) is 6.46. The lowest BCUT2D eigenvalue weighted by atomic mass is 9.78. The SMILES string of the molecule is COc1ccc(C2CC(=O)C3=C(C2)Nc2ccccc2N(C(C)=O)C3c2cccc(Cl)c2)cc1OC. The average Bonchev–Trinajstić information content (AvgIpc) is 3.03. The molecule has 0 saturated heterocycles. The molecule has 0 spiro atoms. The topological polar surface area (TPSA) is 67.9 Å². The van der Waals surface area contributed by atoms with Crippen molar-refractivity contribution >= 4 is 34.7 Å². The molecular weight excluding hydrogens is 476 g/mol. The van der Waals surface area contributed by atoms with Gasteiger partial charge in [0.2, 0.25) is 5.91 Å². The van der Waals surface area contributed by atoms with Gasteiger partial charge in [0, 0.05) is 29.6 Å². The van der Waals surface area contributed by atoms with E-state index in [0.29, 0.717) is 34.9 Å². The summed E-state index contributed by atoms with van der Waals surface area (Å²) in [6, 6.07) is 20.2. The van der Waals surface area contributed by atoms with Crippen LogP contribution in [-0.2, 0) is 9.59 Å². The summed E-state index contributed by atoms with van der Waals surface area (Å²) in [4.78, 5) is 28.7. The highest BCUT2D eigenvalue weighted by atomic mass is 35.5. The van der Waals surface area contributed by atoms with Crippen LogP contribution in [-0.4, -0.2) is 25.9 Å². The normalized spacial score (nSPS) is 19.1. The fourth-order valence-electron chi connectivity index (χ4n) is 5.27. The summed E-state index contributed by atoms with van der Waals surface area (Å²) in [6.07, 6.45) is 0.919. The van der Waals surface area contributed by atoms with Crippen LogP contribution in [0.3, 0.4) is 0 Å². The van der Waals surface area contributed by atoms with E-state index in [0.717, 1.165) is 28.2 Å². The van der Waals surface area contributed by atoms with E-state index in [1.807, 2.05) is 60.7 Å². The van der Waals surface area contributed by atoms with Crippen LogP contribution in [0.1, 0.15) is 42.9 Å². The molecule has 0 saturated carbocycles. The Morgan fingerprint density at radius 3 is 2.44 bits per heavy atom. The third kappa shape index (κ3) is 4.22. The minimum absolute atomic E-state index is 0.00688. The van der Waals surface area contributed by atoms with Crippen molar-refractivity contribution < 1.29 is 19.1 Å². The second-order valence-electron chi connectivity index (χ2n) is 9.02. The maximum absolute atomic E-state index is 13.9. The number of carbonyl (C=O) groups excluding carboxylic acids is 2. The predicted octanol–water partition coefficient (Wildman–Crippen LogP) is 6.28. The minimum Gasteiger partial charge on any atom is -0.493 e. The number of carbonyl (C=O) groups is 2. The number of methoxy groups -OCH3 is 2. The molecule has 5 rings (SSSR count). The summed E-state index contributed by atoms with van der Waals surface area (Å²) in [7, 11) is 3.20. The van der Waals surface area contributed by atoms with Gasteiger partial charge in [-0.25, -0.2) is 0 Å². The van der Waals surface area contributed by atoms with Crippen LogP contribution in [0.25, 0.3) is 0 Å². The zero-order valence-electron chi connectivity index (χ0n) is 20.4. The first-order valence-electron chi connectivity index (χ1n) is 11.8. The van der Waals surface area contributed by atoms with E-state index < -0.39 is 6.04 Å². The summed E-state index contributed by atoms with van der Waals surface area (Å²) < 4.78 is 10.9. The number of ether oxygens (including phenoxy) is 2. The number of hydrogen-bond donors (Lipinski definition) is 1. The van der Waals surface area contributed by atoms with E-state index in [-0.39, 0.29) is 17.6 Å². The number of rotatable bonds is 4. The molecule has 184 valence electrons. The number of fused-ring (bicyclic) bond motifs is 1. The lowest BCUT2D eigenvalue weighted by Crippen LogP contribution is -2.37. The molecule has 3 aromatic carbocycles. The Balaban J connectivity index is 1.67. The first-order chi connectivity index (χ1) is 17.4. The van der Waals surface area contributed by atoms with Gasteiger partial charge < -0.3 is 14.8 Å². The van der Waals surface area contributed by atoms with E-state index in [1.165, 1.54) is 6.92 Å². The molecule has 0 radical (unpaired) electrons. The molecule has 0 aromatic heterocycles. The quantitative estimate of drug-likeness (QED) is 0.455. The molecule has 1 amide bonds. The number of amides is 1. The maximum Gasteiger partial charge on any atom is 0.224 e. The van der Waals surface area contributed by atoms with Crippen LogP contribution in [0.15, 0.2) is 78.0 Å². The summed E-state index contributed by atoms with van der Waals surface area (Å²) in [6.45, 7) is 1.53. The maximum atomic E-state index is 13.9. The molecule has 1 aliphatic carbocycles. The van der Waals surface area contributed by atoms with E-state index in [1.54, 1.807) is 25.2 Å². The Hall–Kier alpha value is -3.77. The van der Waals surface area contributed by atoms with Crippen molar-refractivity contribution in [3.8, 4) is 11.5 Å². The van der Waals surface area contributed by atoms with Crippen molar-refractivity contribution in [1.82, 2.24) is 0 Å². The molecule has 7 heteroatoms. The van der Waals surface area contributed by atoms with Crippen molar-refractivity contribution in [2.24, 2.45) is 0 Å². The number of para-hydroxylation sites is 2. The second-order valence-corrected chi connectivity index (χ2v) is 9.46. The third-order valence-electron chi connectivity index (χ3n) is 6.87. The van der Waals surface area contributed by atoms with Gasteiger partial charge >= 0.3 is 0 Å². The van der Waals surface area contributed by atoms with Gasteiger partial charge in [-0.05, 0) is 59.9 Å². The van der Waals surface area contributed by atoms with Crippen LogP contribution in [0.5, 0.6) is 11.5 Å². The van der Waals surface area contributed by atoms with Gasteiger partial charge in [-0.3, -0.25) is 14.5 Å². The monoisotopic (exact) mass is 502 g/mol. The molecule has 1 aliphatic heterocycles. The highest BCUT2D eigenvalue weighted by Crippen LogP contribution is 2.48. The predicted molar refractivity (Wildman–Crippen MR) is 141 cm³/mol. The Morgan fingerprint density at radius 2 is 1.72 bits per heavy atom. The van der Waals surface area contributed by atoms with Gasteiger partial charge in [0.25, 0.3) is 0 Å². The first kappa shape index (κ1) is 23.9. The van der Waals surface area contributed by atoms with Crippen LogP contribution in [0.2, 0.25) is 5.02 Å². The van der Waals surface area contributed by atoms with Crippen LogP contribution in [0.4, 0.5) is 11.4 Å². The molecule has 2 aliphatic rings. The number of nitrogens with one attached hydrogen (secondary N) is 1. The number of Topliss-reactive ketones (excluding diaryl/α,β-unsaturated/α-hetero) is 1. The van der Waals surface area contributed by atoms with E-state index in [4.69, 9.17) is 21.1 Å². The van der Waals surface area contributed by atoms with Crippen LogP contribution in [0, 0.1) is 0 Å². The molecule has 2 unspecified atom stereocenters. The van der Waals surface area contributed by atoms with E-state index in [9.17, 15) is 9.59 Å². The Bertz CT molecular complexity index is 1380. The third-order valence-corrected chi connectivity index (χ3v) is 7.11. The molecule has 3 aromatic rings. The lowest BCUT2D eigenvalue weighted by molar-refractivity contribution is -0.117. The van der Waals surface area contributed by atoms with Gasteiger partial charge in [0.1, 0.15) is 0 Å². The largest absolute Gasteiger partial charge is 0.493 e. The number of nitrogens with zero attached hydrogens (tertiary/aromatic N) is 1. The van der Waals surface area contributed by atoms with E-state index in [2.05, 4.69) is 5.32 Å². The van der Waals surface area contributed by atoms with Crippen molar-refractivity contribution in [1.29, 1.82) is 0 Å². The standard InChI is InChI=1S/C29H27ClN2O4/c1-17(33)32-24-10-5-4-9-22(24)31-23-14-20(18-11-12-26(35-2)27(16-18)36-3)15-25(34)28(23)29(32)19-7-6-8-21(30)13-19/h4-13,16,20,29,31H,14-15H2,1-3H3. The molecule has 1 N–H and O–H groups in total. The molecule has 1 heterocycles. The van der Waals surface area contributed by atoms with Gasteiger partial charge in [-0.2, -0.15) is 0 Å². The number of hydrogen-bond acceptors (Lipinski definition) is 5. The Morgan fingerprint density at radius 1 is 0.944 bits per heavy atom. The van der Waals surface area contributed by atoms with E-state index >= 15 is 0 Å². The fourth-order valence-corrected chi connectivity index (χ4v) is 5.47. The summed E-state index contributed by atoms with van der Waals surface area (Å²) in [5.74, 6) is 1.05. The van der Waals surface area contributed by atoms with Crippen molar-refractivity contribution in [3.05, 3.63) is 94.1 Å². The minimum atomic E-state index is -0.591. The smallest absolute Gasteiger partial charge is 0.224 e. The second kappa shape index (κ2) is 9.70. The molecule has 36 heavy (non-hydrogen) atoms. The summed E-state index contributed by atoms with van der Waals surface area (Å²) >= 11 is 6.36. The molecule has 2 atom stereocenters. The lowest BCUT2D eigenvalue weighted by Gasteiger charge is -2.34. The summed E-state index contributed by atoms with van der Waals surface area (Å²) in [5, 5.41) is 4.07. The number of benzene rings is 3. The van der Waals surface area contributed by atoms with Gasteiger partial charge in [0.15, 0.2) is 17.3 Å². The van der Waals surface area contributed by atoms with Crippen molar-refractivity contribution in [2.45, 2.75) is 31.7 Å². The van der Waals surface area contributed by atoms with Gasteiger partial charge in [-0.1, -0.05) is 41.9 Å². The number of allylic oxidation sites excluding steroid dienone is 1. The molecular formula is C29H27ClN2O4. The number of halogens is 1. The summed E-state index contributed by atoms with van der Waals surface area (Å²) in [5.41, 5.74) is 4.70.